The second kappa shape index (κ2) is 26.6. The first-order valence-corrected chi connectivity index (χ1v) is 26.5. The van der Waals surface area contributed by atoms with Gasteiger partial charge in [0.2, 0.25) is 29.7 Å². The Morgan fingerprint density at radius 3 is 1.58 bits per heavy atom. The average molecular weight is 1180 g/mol. The Morgan fingerprint density at radius 2 is 1.03 bits per heavy atom. The van der Waals surface area contributed by atoms with Crippen LogP contribution in [0.3, 0.4) is 0 Å². The summed E-state index contributed by atoms with van der Waals surface area (Å²) in [6.07, 6.45) is 2.62. The van der Waals surface area contributed by atoms with E-state index in [2.05, 4.69) is 79.3 Å². The highest BCUT2D eigenvalue weighted by Gasteiger charge is 2.22. The van der Waals surface area contributed by atoms with Crippen LogP contribution >= 0.6 is 36.1 Å². The van der Waals surface area contributed by atoms with Crippen molar-refractivity contribution in [2.75, 3.05) is 57.7 Å². The van der Waals surface area contributed by atoms with Crippen LogP contribution in [0.4, 0.5) is 58.4 Å². The van der Waals surface area contributed by atoms with E-state index in [1.54, 1.807) is 0 Å². The van der Waals surface area contributed by atoms with E-state index in [0.29, 0.717) is 36.1 Å². The van der Waals surface area contributed by atoms with Crippen LogP contribution in [0.5, 0.6) is 0 Å². The molecule has 0 spiro atoms. The largest absolute Gasteiger partial charge is 0.395 e. The summed E-state index contributed by atoms with van der Waals surface area (Å²) in [4.78, 5) is 24.3. The Labute approximate surface area is 439 Å². The van der Waals surface area contributed by atoms with Crippen molar-refractivity contribution in [1.29, 1.82) is 0 Å². The SMILES string of the molecule is O=S(=O)(O)c1ccc(SOOO)c(Nc2nc(Nc3ccc(/C=C/c4ccc(Nc5nc(Nc6cc(SOOO)ccc6S(=O)(=O)O)nc(N(O)O)n5)cc4S(=O)(=O)O)c(SOOO)c3)nc(N(CCO)CCO)n2)c1. The molecule has 6 aromatic rings. The molecule has 40 heteroatoms. The van der Waals surface area contributed by atoms with Crippen molar-refractivity contribution < 1.29 is 103 Å². The maximum absolute atomic E-state index is 12.8. The molecule has 0 bridgehead atoms. The molecule has 0 saturated carbocycles. The molecule has 0 amide bonds. The summed E-state index contributed by atoms with van der Waals surface area (Å²) in [5.74, 6) is -2.62. The van der Waals surface area contributed by atoms with Crippen LogP contribution in [-0.4, -0.2) is 132 Å². The molecule has 0 unspecified atom stereocenters. The van der Waals surface area contributed by atoms with E-state index in [9.17, 15) is 59.5 Å². The van der Waals surface area contributed by atoms with Crippen molar-refractivity contribution in [3.05, 3.63) is 83.9 Å². The van der Waals surface area contributed by atoms with Gasteiger partial charge in [0.25, 0.3) is 36.3 Å². The van der Waals surface area contributed by atoms with E-state index < -0.39 is 87.0 Å². The van der Waals surface area contributed by atoms with E-state index >= 15 is 0 Å². The van der Waals surface area contributed by atoms with Gasteiger partial charge in [0, 0.05) is 34.3 Å². The predicted molar refractivity (Wildman–Crippen MR) is 261 cm³/mol. The third-order valence-corrected chi connectivity index (χ3v) is 13.7. The fourth-order valence-corrected chi connectivity index (χ4v) is 9.27. The van der Waals surface area contributed by atoms with E-state index in [4.69, 9.17) is 15.8 Å². The highest BCUT2D eigenvalue weighted by molar-refractivity contribution is 7.95. The Bertz CT molecular complexity index is 3390. The number of rotatable bonds is 28. The van der Waals surface area contributed by atoms with Gasteiger partial charge in [-0.3, -0.25) is 24.1 Å². The number of nitrogens with one attached hydrogen (secondary N) is 4. The van der Waals surface area contributed by atoms with Crippen LogP contribution in [0.25, 0.3) is 12.2 Å². The molecule has 0 saturated heterocycles. The van der Waals surface area contributed by atoms with Crippen LogP contribution in [0.15, 0.2) is 102 Å². The zero-order valence-electron chi connectivity index (χ0n) is 37.3. The van der Waals surface area contributed by atoms with Gasteiger partial charge < -0.3 is 36.4 Å². The third kappa shape index (κ3) is 16.6. The Hall–Kier alpha value is -6.30. The van der Waals surface area contributed by atoms with Gasteiger partial charge in [0.15, 0.2) is 0 Å². The smallest absolute Gasteiger partial charge is 0.296 e. The molecule has 34 nitrogen and oxygen atoms in total. The minimum Gasteiger partial charge on any atom is -0.395 e. The number of aliphatic hydroxyl groups is 2. The Kier molecular flexibility index (Phi) is 20.7. The fourth-order valence-electron chi connectivity index (χ4n) is 6.09. The predicted octanol–water partition coefficient (Wildman–Crippen LogP) is 4.60. The molecular formula is C36H36N12O22S6. The van der Waals surface area contributed by atoms with Gasteiger partial charge in [-0.05, 0) is 71.8 Å². The van der Waals surface area contributed by atoms with E-state index in [1.807, 2.05) is 0 Å². The van der Waals surface area contributed by atoms with E-state index in [0.717, 1.165) is 36.4 Å². The molecule has 4 aromatic carbocycles. The lowest BCUT2D eigenvalue weighted by Crippen LogP contribution is -2.31. The molecule has 0 aliphatic carbocycles. The third-order valence-electron chi connectivity index (χ3n) is 9.15. The van der Waals surface area contributed by atoms with Gasteiger partial charge in [0.05, 0.1) is 70.5 Å². The second-order valence-corrected chi connectivity index (χ2v) is 20.5. The molecule has 2 aromatic heterocycles. The number of hydrogen-bond acceptors (Lipinski definition) is 34. The summed E-state index contributed by atoms with van der Waals surface area (Å²) in [5, 5.41) is 86.4. The highest BCUT2D eigenvalue weighted by atomic mass is 32.2. The Balaban J connectivity index is 1.32. The summed E-state index contributed by atoms with van der Waals surface area (Å²) >= 11 is 1.29. The van der Waals surface area contributed by atoms with Gasteiger partial charge in [0.1, 0.15) is 9.79 Å². The van der Waals surface area contributed by atoms with Gasteiger partial charge >= 0.3 is 0 Å². The van der Waals surface area contributed by atoms with Crippen molar-refractivity contribution in [3.63, 3.8) is 0 Å². The molecule has 14 N–H and O–H groups in total. The number of benzene rings is 4. The summed E-state index contributed by atoms with van der Waals surface area (Å²) in [6, 6.07) is 14.1. The average Bonchev–Trinajstić information content (AvgIpc) is 3.36. The number of hydrogen-bond donors (Lipinski definition) is 14. The molecule has 76 heavy (non-hydrogen) atoms. The summed E-state index contributed by atoms with van der Waals surface area (Å²) < 4.78 is 117. The molecule has 0 fully saturated rings. The van der Waals surface area contributed by atoms with Gasteiger partial charge in [-0.2, -0.15) is 55.2 Å². The minimum atomic E-state index is -5.05. The maximum Gasteiger partial charge on any atom is 0.296 e. The molecular weight excluding hydrogens is 1140 g/mol. The molecule has 6 rings (SSSR count). The molecule has 0 radical (unpaired) electrons. The normalized spacial score (nSPS) is 12.0. The van der Waals surface area contributed by atoms with Crippen LogP contribution in [0.2, 0.25) is 0 Å². The van der Waals surface area contributed by atoms with E-state index in [-0.39, 0.29) is 73.8 Å². The number of anilines is 10. The number of aliphatic hydroxyl groups excluding tert-OH is 2. The van der Waals surface area contributed by atoms with E-state index in [1.165, 1.54) is 53.5 Å². The molecule has 0 aliphatic rings. The molecule has 2 heterocycles. The minimum absolute atomic E-state index is 0.0821. The van der Waals surface area contributed by atoms with Crippen LogP contribution < -0.4 is 31.4 Å². The van der Waals surface area contributed by atoms with Crippen LogP contribution in [0, 0.1) is 0 Å². The lowest BCUT2D eigenvalue weighted by atomic mass is 10.1. The van der Waals surface area contributed by atoms with Gasteiger partial charge in [-0.15, -0.1) is 13.0 Å². The maximum atomic E-state index is 12.8. The number of nitrogens with zero attached hydrogens (tertiary/aromatic N) is 8. The standard InChI is InChI=1S/C36H36N12O22S6/c49-13-11-47(12-14-50)35-43-31(41-33(44-35)39-25-18-24(74(56,57)58)8-9-27(25)72-69-66-54)37-21-5-3-19(28(15-21)73-70-67-55)1-2-20-4-6-22(16-30(20)76(62,63)64)38-32-42-34(46-36(45-32)48(51)52)40-26-17-23(71-68-65-53)7-10-29(26)75(59,60)61/h1-10,15-18,49-55H,11-14H2,(H,56,57,58)(H,59,60,61)(H,62,63,64)(H2,37,39,41,43,44)(H2,38,40,42,45,46)/b2-1+. The highest BCUT2D eigenvalue weighted by Crippen LogP contribution is 2.35. The van der Waals surface area contributed by atoms with Crippen molar-refractivity contribution in [2.45, 2.75) is 29.4 Å². The Morgan fingerprint density at radius 1 is 0.513 bits per heavy atom. The molecule has 0 atom stereocenters. The topological polar surface area (TPSA) is 492 Å². The molecule has 408 valence electrons. The van der Waals surface area contributed by atoms with Crippen molar-refractivity contribution in [2.24, 2.45) is 0 Å². The summed E-state index contributed by atoms with van der Waals surface area (Å²) in [6.45, 7) is -0.997. The van der Waals surface area contributed by atoms with Crippen LogP contribution in [0.1, 0.15) is 11.1 Å². The zero-order chi connectivity index (χ0) is 55.2. The number of aromatic nitrogens is 6. The van der Waals surface area contributed by atoms with Crippen molar-refractivity contribution >= 4 is 137 Å². The van der Waals surface area contributed by atoms with Crippen molar-refractivity contribution in [1.82, 2.24) is 29.9 Å². The summed E-state index contributed by atoms with van der Waals surface area (Å²) in [5.41, 5.74) is -0.307. The monoisotopic (exact) mass is 1180 g/mol. The van der Waals surface area contributed by atoms with Gasteiger partial charge in [-0.25, -0.2) is 15.8 Å². The second-order valence-electron chi connectivity index (χ2n) is 14.0. The fraction of sp³-hybridized carbons (Fsp3) is 0.111. The quantitative estimate of drug-likeness (QED) is 0.0105. The first kappa shape index (κ1) is 59.0. The summed E-state index contributed by atoms with van der Waals surface area (Å²) in [7, 11) is -14.7. The first-order chi connectivity index (χ1) is 36.1. The van der Waals surface area contributed by atoms with Crippen LogP contribution in [-0.2, 0) is 58.5 Å². The lowest BCUT2D eigenvalue weighted by Gasteiger charge is -2.22. The molecule has 0 aliphatic heterocycles. The van der Waals surface area contributed by atoms with Crippen molar-refractivity contribution in [3.8, 4) is 0 Å². The first-order valence-electron chi connectivity index (χ1n) is 20.0. The van der Waals surface area contributed by atoms with Gasteiger partial charge in [-0.1, -0.05) is 44.6 Å². The zero-order valence-corrected chi connectivity index (χ0v) is 42.2. The lowest BCUT2D eigenvalue weighted by molar-refractivity contribution is -0.432.